The smallest absolute Gasteiger partial charge is 0.250 e. The summed E-state index contributed by atoms with van der Waals surface area (Å²) < 4.78 is 26.7. The summed E-state index contributed by atoms with van der Waals surface area (Å²) in [7, 11) is -3.40. The van der Waals surface area contributed by atoms with Crippen LogP contribution in [0.1, 0.15) is 17.5 Å². The van der Waals surface area contributed by atoms with E-state index in [0.29, 0.717) is 4.21 Å². The standard InChI is InChI=1S/C10H13N3O2S2/c1-2-9-3-4-10(16-9)17(14,15)13-6-8-5-11-7-12-8/h3-5,7,13H,2,6H2,1H3,(H,11,12). The number of sulfonamides is 1. The monoisotopic (exact) mass is 271 g/mol. The number of thiophene rings is 1. The fourth-order valence-electron chi connectivity index (χ4n) is 1.32. The number of imidazole rings is 1. The Bertz CT molecular complexity index is 572. The van der Waals surface area contributed by atoms with Crippen LogP contribution in [-0.4, -0.2) is 18.4 Å². The molecule has 7 heteroatoms. The van der Waals surface area contributed by atoms with E-state index in [1.807, 2.05) is 13.0 Å². The molecule has 2 heterocycles. The first kappa shape index (κ1) is 12.3. The van der Waals surface area contributed by atoms with Gasteiger partial charge in [0.1, 0.15) is 4.21 Å². The highest BCUT2D eigenvalue weighted by molar-refractivity contribution is 7.91. The molecule has 0 aliphatic rings. The summed E-state index contributed by atoms with van der Waals surface area (Å²) in [6.07, 6.45) is 3.96. The molecule has 0 bridgehead atoms. The molecule has 17 heavy (non-hydrogen) atoms. The first-order valence-electron chi connectivity index (χ1n) is 5.17. The van der Waals surface area contributed by atoms with Gasteiger partial charge in [-0.15, -0.1) is 11.3 Å². The lowest BCUT2D eigenvalue weighted by atomic mass is 10.4. The van der Waals surface area contributed by atoms with Gasteiger partial charge in [0.15, 0.2) is 0 Å². The predicted octanol–water partition coefficient (Wildman–Crippen LogP) is 1.51. The highest BCUT2D eigenvalue weighted by atomic mass is 32.2. The number of aryl methyl sites for hydroxylation is 1. The first-order valence-corrected chi connectivity index (χ1v) is 7.47. The summed E-state index contributed by atoms with van der Waals surface area (Å²) in [4.78, 5) is 7.73. The largest absolute Gasteiger partial charge is 0.347 e. The van der Waals surface area contributed by atoms with Crippen molar-refractivity contribution in [3.63, 3.8) is 0 Å². The van der Waals surface area contributed by atoms with E-state index >= 15 is 0 Å². The van der Waals surface area contributed by atoms with Crippen LogP contribution in [0.3, 0.4) is 0 Å². The molecule has 0 spiro atoms. The minimum Gasteiger partial charge on any atom is -0.347 e. The molecule has 0 radical (unpaired) electrons. The van der Waals surface area contributed by atoms with Gasteiger partial charge in [0.2, 0.25) is 10.0 Å². The Hall–Kier alpha value is -1.18. The van der Waals surface area contributed by atoms with Gasteiger partial charge in [-0.2, -0.15) is 0 Å². The SMILES string of the molecule is CCc1ccc(S(=O)(=O)NCc2cnc[nH]2)s1. The second kappa shape index (κ2) is 4.99. The van der Waals surface area contributed by atoms with Crippen molar-refractivity contribution in [3.05, 3.63) is 35.2 Å². The Morgan fingerprint density at radius 1 is 1.47 bits per heavy atom. The second-order valence-corrected chi connectivity index (χ2v) is 6.64. The third-order valence-electron chi connectivity index (χ3n) is 2.26. The number of hydrogen-bond acceptors (Lipinski definition) is 4. The van der Waals surface area contributed by atoms with Gasteiger partial charge in [0, 0.05) is 16.8 Å². The molecule has 0 saturated heterocycles. The molecule has 0 saturated carbocycles. The molecule has 0 amide bonds. The van der Waals surface area contributed by atoms with Gasteiger partial charge in [-0.05, 0) is 18.6 Å². The van der Waals surface area contributed by atoms with E-state index in [1.165, 1.54) is 17.7 Å². The second-order valence-electron chi connectivity index (χ2n) is 3.48. The summed E-state index contributed by atoms with van der Waals surface area (Å²) in [5.41, 5.74) is 0.737. The van der Waals surface area contributed by atoms with Crippen molar-refractivity contribution >= 4 is 21.4 Å². The molecule has 0 aliphatic heterocycles. The molecule has 0 atom stereocenters. The predicted molar refractivity (Wildman–Crippen MR) is 66.3 cm³/mol. The molecule has 0 aromatic carbocycles. The number of nitrogens with zero attached hydrogens (tertiary/aromatic N) is 1. The maximum absolute atomic E-state index is 11.9. The molecule has 2 rings (SSSR count). The minimum atomic E-state index is -3.40. The fraction of sp³-hybridized carbons (Fsp3) is 0.300. The third-order valence-corrected chi connectivity index (χ3v) is 5.38. The number of rotatable bonds is 5. The topological polar surface area (TPSA) is 74.8 Å². The summed E-state index contributed by atoms with van der Waals surface area (Å²) in [5, 5.41) is 0. The summed E-state index contributed by atoms with van der Waals surface area (Å²) in [6.45, 7) is 2.22. The van der Waals surface area contributed by atoms with Crippen molar-refractivity contribution < 1.29 is 8.42 Å². The van der Waals surface area contributed by atoms with Gasteiger partial charge in [0.25, 0.3) is 0 Å². The maximum atomic E-state index is 11.9. The summed E-state index contributed by atoms with van der Waals surface area (Å²) >= 11 is 1.30. The van der Waals surface area contributed by atoms with E-state index in [0.717, 1.165) is 17.0 Å². The molecular weight excluding hydrogens is 258 g/mol. The van der Waals surface area contributed by atoms with Crippen molar-refractivity contribution in [3.8, 4) is 0 Å². The van der Waals surface area contributed by atoms with Crippen LogP contribution >= 0.6 is 11.3 Å². The van der Waals surface area contributed by atoms with Gasteiger partial charge in [0.05, 0.1) is 12.9 Å². The Kier molecular flexibility index (Phi) is 3.60. The van der Waals surface area contributed by atoms with Crippen molar-refractivity contribution in [2.24, 2.45) is 0 Å². The third kappa shape index (κ3) is 2.93. The van der Waals surface area contributed by atoms with Crippen LogP contribution in [0.25, 0.3) is 0 Å². The zero-order valence-electron chi connectivity index (χ0n) is 9.30. The maximum Gasteiger partial charge on any atom is 0.250 e. The van der Waals surface area contributed by atoms with Gasteiger partial charge in [-0.3, -0.25) is 0 Å². The molecule has 2 N–H and O–H groups in total. The van der Waals surface area contributed by atoms with E-state index in [1.54, 1.807) is 12.3 Å². The van der Waals surface area contributed by atoms with Crippen LogP contribution < -0.4 is 4.72 Å². The van der Waals surface area contributed by atoms with E-state index < -0.39 is 10.0 Å². The normalized spacial score (nSPS) is 11.8. The number of H-pyrrole nitrogens is 1. The zero-order valence-corrected chi connectivity index (χ0v) is 10.9. The summed E-state index contributed by atoms with van der Waals surface area (Å²) in [6, 6.07) is 3.48. The summed E-state index contributed by atoms with van der Waals surface area (Å²) in [5.74, 6) is 0. The number of hydrogen-bond donors (Lipinski definition) is 2. The Labute approximate surface area is 104 Å². The van der Waals surface area contributed by atoms with Crippen LogP contribution in [-0.2, 0) is 23.0 Å². The van der Waals surface area contributed by atoms with Gasteiger partial charge < -0.3 is 4.98 Å². The lowest BCUT2D eigenvalue weighted by Crippen LogP contribution is -2.22. The number of nitrogens with one attached hydrogen (secondary N) is 2. The molecular formula is C10H13N3O2S2. The first-order chi connectivity index (χ1) is 8.12. The van der Waals surface area contributed by atoms with Crippen molar-refractivity contribution in [1.82, 2.24) is 14.7 Å². The van der Waals surface area contributed by atoms with Crippen LogP contribution in [0.4, 0.5) is 0 Å². The average Bonchev–Trinajstić information content (AvgIpc) is 2.98. The van der Waals surface area contributed by atoms with E-state index in [-0.39, 0.29) is 6.54 Å². The number of aromatic amines is 1. The molecule has 0 unspecified atom stereocenters. The van der Waals surface area contributed by atoms with Gasteiger partial charge in [-0.1, -0.05) is 6.92 Å². The highest BCUT2D eigenvalue weighted by Gasteiger charge is 2.16. The van der Waals surface area contributed by atoms with Crippen LogP contribution in [0, 0.1) is 0 Å². The molecule has 2 aromatic rings. The quantitative estimate of drug-likeness (QED) is 0.865. The zero-order chi connectivity index (χ0) is 12.3. The lowest BCUT2D eigenvalue weighted by Gasteiger charge is -2.02. The van der Waals surface area contributed by atoms with Crippen molar-refractivity contribution in [2.75, 3.05) is 0 Å². The fourth-order valence-corrected chi connectivity index (χ4v) is 3.66. The van der Waals surface area contributed by atoms with Gasteiger partial charge in [-0.25, -0.2) is 18.1 Å². The number of aromatic nitrogens is 2. The van der Waals surface area contributed by atoms with E-state index in [4.69, 9.17) is 0 Å². The Morgan fingerprint density at radius 2 is 2.29 bits per heavy atom. The Balaban J connectivity index is 2.08. The van der Waals surface area contributed by atoms with Crippen molar-refractivity contribution in [2.45, 2.75) is 24.1 Å². The molecule has 2 aromatic heterocycles. The molecule has 0 aliphatic carbocycles. The highest BCUT2D eigenvalue weighted by Crippen LogP contribution is 2.21. The molecule has 0 fully saturated rings. The van der Waals surface area contributed by atoms with Crippen LogP contribution in [0.5, 0.6) is 0 Å². The van der Waals surface area contributed by atoms with Crippen molar-refractivity contribution in [1.29, 1.82) is 0 Å². The van der Waals surface area contributed by atoms with E-state index in [2.05, 4.69) is 14.7 Å². The minimum absolute atomic E-state index is 0.224. The van der Waals surface area contributed by atoms with E-state index in [9.17, 15) is 8.42 Å². The molecule has 5 nitrogen and oxygen atoms in total. The van der Waals surface area contributed by atoms with Crippen LogP contribution in [0.15, 0.2) is 28.9 Å². The Morgan fingerprint density at radius 3 is 2.88 bits per heavy atom. The molecule has 92 valence electrons. The van der Waals surface area contributed by atoms with Crippen LogP contribution in [0.2, 0.25) is 0 Å². The average molecular weight is 271 g/mol. The van der Waals surface area contributed by atoms with Gasteiger partial charge >= 0.3 is 0 Å². The lowest BCUT2D eigenvalue weighted by molar-refractivity contribution is 0.582.